The highest BCUT2D eigenvalue weighted by molar-refractivity contribution is 5.97. The second kappa shape index (κ2) is 9.80. The Morgan fingerprint density at radius 2 is 1.00 bits per heavy atom. The van der Waals surface area contributed by atoms with Crippen LogP contribution in [0.4, 0.5) is 0 Å². The zero-order valence-corrected chi connectivity index (χ0v) is 17.1. The maximum atomic E-state index is 12.6. The minimum atomic E-state index is -0.200. The fourth-order valence-corrected chi connectivity index (χ4v) is 3.30. The summed E-state index contributed by atoms with van der Waals surface area (Å²) >= 11 is 0. The number of carbonyl (C=O) groups is 2. The second-order valence-corrected chi connectivity index (χ2v) is 7.25. The van der Waals surface area contributed by atoms with Crippen LogP contribution in [-0.2, 0) is 13.2 Å². The molecule has 0 saturated carbocycles. The normalized spacial score (nSPS) is 15.0. The van der Waals surface area contributed by atoms with Crippen molar-refractivity contribution in [2.75, 3.05) is 13.1 Å². The van der Waals surface area contributed by atoms with E-state index in [1.54, 1.807) is 24.3 Å². The van der Waals surface area contributed by atoms with Crippen LogP contribution >= 0.6 is 0 Å². The average molecular weight is 416 g/mol. The van der Waals surface area contributed by atoms with Crippen LogP contribution in [-0.4, -0.2) is 24.9 Å². The van der Waals surface area contributed by atoms with Gasteiger partial charge in [-0.1, -0.05) is 48.5 Å². The van der Waals surface area contributed by atoms with E-state index in [2.05, 4.69) is 10.6 Å². The van der Waals surface area contributed by atoms with Crippen LogP contribution in [0, 0.1) is 0 Å². The maximum Gasteiger partial charge on any atom is 0.255 e. The van der Waals surface area contributed by atoms with Gasteiger partial charge in [-0.25, -0.2) is 0 Å². The van der Waals surface area contributed by atoms with Gasteiger partial charge in [-0.3, -0.25) is 9.59 Å². The molecule has 0 atom stereocenters. The molecule has 6 heteroatoms. The van der Waals surface area contributed by atoms with Gasteiger partial charge in [-0.2, -0.15) is 0 Å². The highest BCUT2D eigenvalue weighted by Crippen LogP contribution is 2.21. The van der Waals surface area contributed by atoms with E-state index in [0.717, 1.165) is 11.1 Å². The minimum absolute atomic E-state index is 0.200. The van der Waals surface area contributed by atoms with Crippen LogP contribution in [0.3, 0.4) is 0 Å². The first kappa shape index (κ1) is 20.5. The topological polar surface area (TPSA) is 76.7 Å². The summed E-state index contributed by atoms with van der Waals surface area (Å²) in [6, 6.07) is 22.2. The summed E-state index contributed by atoms with van der Waals surface area (Å²) in [5.41, 5.74) is 2.94. The molecule has 2 amide bonds. The molecule has 158 valence electrons. The lowest BCUT2D eigenvalue weighted by molar-refractivity contribution is 0.0947. The van der Waals surface area contributed by atoms with Gasteiger partial charge in [-0.05, 0) is 41.8 Å². The number of hydrogen-bond donors (Lipinski definition) is 2. The van der Waals surface area contributed by atoms with Gasteiger partial charge < -0.3 is 20.1 Å². The molecular weight excluding hydrogens is 392 g/mol. The average Bonchev–Trinajstić information content (AvgIpc) is 2.81. The van der Waals surface area contributed by atoms with E-state index < -0.39 is 0 Å². The molecule has 6 nitrogen and oxygen atoms in total. The van der Waals surface area contributed by atoms with Crippen molar-refractivity contribution in [3.8, 4) is 11.5 Å². The van der Waals surface area contributed by atoms with Gasteiger partial charge in [0.1, 0.15) is 24.7 Å². The fraction of sp³-hybridized carbons (Fsp3) is 0.200. The van der Waals surface area contributed by atoms with Crippen LogP contribution in [0.5, 0.6) is 11.5 Å². The Bertz CT molecular complexity index is 979. The van der Waals surface area contributed by atoms with E-state index in [4.69, 9.17) is 9.47 Å². The maximum absolute atomic E-state index is 12.6. The number of fused-ring (bicyclic) bond motifs is 10. The third-order valence-corrected chi connectivity index (χ3v) is 5.00. The summed E-state index contributed by atoms with van der Waals surface area (Å²) in [7, 11) is 0. The van der Waals surface area contributed by atoms with E-state index in [9.17, 15) is 9.59 Å². The lowest BCUT2D eigenvalue weighted by atomic mass is 10.1. The molecule has 0 unspecified atom stereocenters. The molecule has 0 radical (unpaired) electrons. The Balaban J connectivity index is 1.56. The smallest absolute Gasteiger partial charge is 0.255 e. The summed E-state index contributed by atoms with van der Waals surface area (Å²) in [5.74, 6) is 0.672. The zero-order valence-electron chi connectivity index (χ0n) is 17.1. The number of benzene rings is 3. The van der Waals surface area contributed by atoms with Gasteiger partial charge in [0.15, 0.2) is 0 Å². The van der Waals surface area contributed by atoms with Gasteiger partial charge in [0.05, 0.1) is 11.1 Å². The van der Waals surface area contributed by atoms with Crippen molar-refractivity contribution in [3.05, 3.63) is 95.1 Å². The number of carbonyl (C=O) groups excluding carboxylic acids is 2. The van der Waals surface area contributed by atoms with E-state index in [0.29, 0.717) is 55.4 Å². The van der Waals surface area contributed by atoms with Gasteiger partial charge in [-0.15, -0.1) is 0 Å². The molecule has 2 heterocycles. The third kappa shape index (κ3) is 5.22. The van der Waals surface area contributed by atoms with Crippen LogP contribution in [0.15, 0.2) is 72.8 Å². The molecular formula is C25H24N2O4. The summed E-state index contributed by atoms with van der Waals surface area (Å²) in [6.45, 7) is 1.58. The van der Waals surface area contributed by atoms with E-state index in [1.807, 2.05) is 48.5 Å². The van der Waals surface area contributed by atoms with Crippen LogP contribution in [0.2, 0.25) is 0 Å². The number of amides is 2. The standard InChI is InChI=1S/C25H24N2O4/c28-24-20-6-1-3-8-22(20)30-16-18-10-12-19(13-11-18)17-31-23-9-4-2-7-21(23)25(29)27-15-5-14-26-24/h1-4,6-13H,5,14-17H2,(H,26,28)(H,27,29). The van der Waals surface area contributed by atoms with E-state index in [1.165, 1.54) is 0 Å². The van der Waals surface area contributed by atoms with Crippen LogP contribution in [0.25, 0.3) is 0 Å². The summed E-state index contributed by atoms with van der Waals surface area (Å²) in [6.07, 6.45) is 0.604. The number of para-hydroxylation sites is 2. The molecule has 0 aliphatic carbocycles. The summed E-state index contributed by atoms with van der Waals surface area (Å²) < 4.78 is 11.8. The molecule has 2 bridgehead atoms. The minimum Gasteiger partial charge on any atom is -0.488 e. The lowest BCUT2D eigenvalue weighted by Crippen LogP contribution is -2.30. The van der Waals surface area contributed by atoms with Crippen LogP contribution < -0.4 is 20.1 Å². The SMILES string of the molecule is O=C1NCCCNC(=O)c2ccccc2OCc2ccc(cc2)COc2ccccc21. The second-order valence-electron chi connectivity index (χ2n) is 7.25. The van der Waals surface area contributed by atoms with Gasteiger partial charge in [0.25, 0.3) is 11.8 Å². The Labute approximate surface area is 181 Å². The predicted octanol–water partition coefficient (Wildman–Crippen LogP) is 3.71. The van der Waals surface area contributed by atoms with Crippen molar-refractivity contribution in [2.24, 2.45) is 0 Å². The zero-order chi connectivity index (χ0) is 21.5. The van der Waals surface area contributed by atoms with E-state index >= 15 is 0 Å². The van der Waals surface area contributed by atoms with Crippen molar-refractivity contribution in [2.45, 2.75) is 19.6 Å². The first-order chi connectivity index (χ1) is 15.2. The molecule has 2 aliphatic heterocycles. The predicted molar refractivity (Wildman–Crippen MR) is 117 cm³/mol. The van der Waals surface area contributed by atoms with E-state index in [-0.39, 0.29) is 11.8 Å². The lowest BCUT2D eigenvalue weighted by Gasteiger charge is -2.12. The third-order valence-electron chi connectivity index (χ3n) is 5.00. The first-order valence-corrected chi connectivity index (χ1v) is 10.3. The van der Waals surface area contributed by atoms with Crippen molar-refractivity contribution in [3.63, 3.8) is 0 Å². The van der Waals surface area contributed by atoms with Gasteiger partial charge in [0, 0.05) is 13.1 Å². The molecule has 3 aromatic rings. The summed E-state index contributed by atoms with van der Waals surface area (Å²) in [5, 5.41) is 5.77. The Morgan fingerprint density at radius 1 is 0.581 bits per heavy atom. The molecule has 0 saturated heterocycles. The summed E-state index contributed by atoms with van der Waals surface area (Å²) in [4.78, 5) is 25.2. The van der Waals surface area contributed by atoms with Crippen molar-refractivity contribution in [1.82, 2.24) is 10.6 Å². The Morgan fingerprint density at radius 3 is 1.45 bits per heavy atom. The molecule has 3 aromatic carbocycles. The Hall–Kier alpha value is -3.80. The van der Waals surface area contributed by atoms with Crippen LogP contribution in [0.1, 0.15) is 38.3 Å². The molecule has 0 aromatic heterocycles. The molecule has 5 rings (SSSR count). The molecule has 0 fully saturated rings. The number of hydrogen-bond acceptors (Lipinski definition) is 4. The molecule has 2 aliphatic rings. The van der Waals surface area contributed by atoms with Crippen molar-refractivity contribution in [1.29, 1.82) is 0 Å². The number of nitrogens with one attached hydrogen (secondary N) is 2. The van der Waals surface area contributed by atoms with Crippen molar-refractivity contribution < 1.29 is 19.1 Å². The quantitative estimate of drug-likeness (QED) is 0.586. The van der Waals surface area contributed by atoms with Crippen molar-refractivity contribution >= 4 is 11.8 Å². The first-order valence-electron chi connectivity index (χ1n) is 10.3. The molecule has 2 N–H and O–H groups in total. The fourth-order valence-electron chi connectivity index (χ4n) is 3.30. The largest absolute Gasteiger partial charge is 0.488 e. The number of ether oxygens (including phenoxy) is 2. The Kier molecular flexibility index (Phi) is 6.47. The monoisotopic (exact) mass is 416 g/mol. The number of rotatable bonds is 0. The van der Waals surface area contributed by atoms with Gasteiger partial charge >= 0.3 is 0 Å². The highest BCUT2D eigenvalue weighted by Gasteiger charge is 2.14. The van der Waals surface area contributed by atoms with Gasteiger partial charge in [0.2, 0.25) is 0 Å². The molecule has 31 heavy (non-hydrogen) atoms. The highest BCUT2D eigenvalue weighted by atomic mass is 16.5. The molecule has 0 spiro atoms.